The summed E-state index contributed by atoms with van der Waals surface area (Å²) in [5, 5.41) is 3.30. The van der Waals surface area contributed by atoms with Crippen molar-refractivity contribution >= 4 is 11.9 Å². The van der Waals surface area contributed by atoms with Crippen LogP contribution in [0.3, 0.4) is 0 Å². The molecule has 0 heterocycles. The summed E-state index contributed by atoms with van der Waals surface area (Å²) in [6, 6.07) is 19.6. The zero-order valence-electron chi connectivity index (χ0n) is 23.1. The summed E-state index contributed by atoms with van der Waals surface area (Å²) < 4.78 is 24.9. The lowest BCUT2D eigenvalue weighted by molar-refractivity contribution is -0.133. The summed E-state index contributed by atoms with van der Waals surface area (Å²) in [6.45, 7) is 2.35. The van der Waals surface area contributed by atoms with Crippen LogP contribution >= 0.6 is 0 Å². The number of esters is 1. The van der Waals surface area contributed by atoms with Crippen LogP contribution in [0.25, 0.3) is 0 Å². The molecule has 0 saturated heterocycles. The van der Waals surface area contributed by atoms with Gasteiger partial charge in [-0.25, -0.2) is 4.39 Å². The Kier molecular flexibility index (Phi) is 7.11. The van der Waals surface area contributed by atoms with Crippen molar-refractivity contribution in [2.75, 3.05) is 7.11 Å². The fourth-order valence-electron chi connectivity index (χ4n) is 7.82. The van der Waals surface area contributed by atoms with Gasteiger partial charge in [-0.3, -0.25) is 9.59 Å². The molecule has 0 spiro atoms. The highest BCUT2D eigenvalue weighted by Crippen LogP contribution is 2.61. The second kappa shape index (κ2) is 10.7. The first-order valence-electron chi connectivity index (χ1n) is 14.4. The minimum absolute atomic E-state index is 0.0331. The molecule has 208 valence electrons. The predicted molar refractivity (Wildman–Crippen MR) is 151 cm³/mol. The molecule has 5 nitrogen and oxygen atoms in total. The third-order valence-electron chi connectivity index (χ3n) is 9.84. The molecular weight excluding hydrogens is 505 g/mol. The van der Waals surface area contributed by atoms with Crippen LogP contribution in [0.1, 0.15) is 72.0 Å². The number of rotatable bonds is 6. The minimum Gasteiger partial charge on any atom is -0.493 e. The van der Waals surface area contributed by atoms with Crippen molar-refractivity contribution in [3.05, 3.63) is 94.8 Å². The van der Waals surface area contributed by atoms with E-state index in [0.29, 0.717) is 34.8 Å². The number of hydrogen-bond donors (Lipinski definition) is 1. The predicted octanol–water partition coefficient (Wildman–Crippen LogP) is 6.64. The van der Waals surface area contributed by atoms with Crippen LogP contribution in [0.15, 0.2) is 66.7 Å². The molecule has 0 aromatic heterocycles. The van der Waals surface area contributed by atoms with E-state index in [1.807, 2.05) is 36.4 Å². The van der Waals surface area contributed by atoms with E-state index in [2.05, 4.69) is 18.3 Å². The normalized spacial score (nSPS) is 26.7. The Morgan fingerprint density at radius 1 is 0.975 bits per heavy atom. The number of carbonyl (C=O) groups excluding carboxylic acids is 2. The Morgan fingerprint density at radius 2 is 1.75 bits per heavy atom. The van der Waals surface area contributed by atoms with Crippen molar-refractivity contribution in [3.8, 4) is 11.5 Å². The van der Waals surface area contributed by atoms with E-state index in [1.54, 1.807) is 19.2 Å². The zero-order chi connectivity index (χ0) is 27.9. The van der Waals surface area contributed by atoms with Crippen LogP contribution in [-0.4, -0.2) is 25.0 Å². The molecule has 0 radical (unpaired) electrons. The van der Waals surface area contributed by atoms with Gasteiger partial charge in [0.25, 0.3) is 5.91 Å². The maximum atomic E-state index is 13.3. The highest BCUT2D eigenvalue weighted by atomic mass is 19.1. The molecule has 6 rings (SSSR count). The Labute approximate surface area is 235 Å². The SMILES string of the molecule is COc1cc2c(cc1OC(=O)Cc1ccccc1)CCC1C2CC[C@@]2(C)C1CC[C@@H]2NC(=O)c1ccc(F)cc1. The van der Waals surface area contributed by atoms with Gasteiger partial charge in [-0.15, -0.1) is 0 Å². The minimum atomic E-state index is -0.338. The van der Waals surface area contributed by atoms with Crippen LogP contribution < -0.4 is 14.8 Å². The summed E-state index contributed by atoms with van der Waals surface area (Å²) in [4.78, 5) is 25.7. The molecule has 6 heteroatoms. The molecule has 3 aromatic carbocycles. The van der Waals surface area contributed by atoms with Gasteiger partial charge in [0, 0.05) is 11.6 Å². The monoisotopic (exact) mass is 541 g/mol. The van der Waals surface area contributed by atoms with Crippen LogP contribution in [0.5, 0.6) is 11.5 Å². The fourth-order valence-corrected chi connectivity index (χ4v) is 7.82. The highest BCUT2D eigenvalue weighted by molar-refractivity contribution is 5.94. The zero-order valence-corrected chi connectivity index (χ0v) is 23.1. The lowest BCUT2D eigenvalue weighted by atomic mass is 9.55. The summed E-state index contributed by atoms with van der Waals surface area (Å²) in [5.74, 6) is 1.82. The number of benzene rings is 3. The second-order valence-electron chi connectivity index (χ2n) is 11.9. The molecule has 0 bridgehead atoms. The number of nitrogens with one attached hydrogen (secondary N) is 1. The molecule has 40 heavy (non-hydrogen) atoms. The molecule has 0 aliphatic heterocycles. The van der Waals surface area contributed by atoms with Crippen LogP contribution in [0.2, 0.25) is 0 Å². The Balaban J connectivity index is 1.18. The number of methoxy groups -OCH3 is 1. The average molecular weight is 542 g/mol. The molecule has 3 aromatic rings. The van der Waals surface area contributed by atoms with Crippen LogP contribution in [0.4, 0.5) is 4.39 Å². The second-order valence-corrected chi connectivity index (χ2v) is 11.9. The van der Waals surface area contributed by atoms with Crippen molar-refractivity contribution in [1.29, 1.82) is 0 Å². The highest BCUT2D eigenvalue weighted by Gasteiger charge is 2.55. The lowest BCUT2D eigenvalue weighted by Gasteiger charge is -2.51. The first-order chi connectivity index (χ1) is 19.4. The van der Waals surface area contributed by atoms with E-state index in [4.69, 9.17) is 9.47 Å². The van der Waals surface area contributed by atoms with Crippen molar-refractivity contribution in [2.45, 2.75) is 63.8 Å². The number of fused-ring (bicyclic) bond motifs is 5. The van der Waals surface area contributed by atoms with Crippen LogP contribution in [0, 0.1) is 23.1 Å². The van der Waals surface area contributed by atoms with Gasteiger partial charge in [0.1, 0.15) is 5.82 Å². The van der Waals surface area contributed by atoms with Gasteiger partial charge in [-0.2, -0.15) is 0 Å². The van der Waals surface area contributed by atoms with Gasteiger partial charge in [0.2, 0.25) is 0 Å². The molecular formula is C34H36FNO4. The molecule has 2 fully saturated rings. The first kappa shape index (κ1) is 26.5. The smallest absolute Gasteiger partial charge is 0.315 e. The summed E-state index contributed by atoms with van der Waals surface area (Å²) in [5.41, 5.74) is 4.01. The average Bonchev–Trinajstić information content (AvgIpc) is 3.29. The Morgan fingerprint density at radius 3 is 2.50 bits per heavy atom. The number of halogens is 1. The van der Waals surface area contributed by atoms with Gasteiger partial charge < -0.3 is 14.8 Å². The van der Waals surface area contributed by atoms with Crippen LogP contribution in [-0.2, 0) is 17.6 Å². The number of hydrogen-bond acceptors (Lipinski definition) is 4. The maximum absolute atomic E-state index is 13.3. The van der Waals surface area contributed by atoms with Crippen molar-refractivity contribution in [3.63, 3.8) is 0 Å². The Hall–Kier alpha value is -3.67. The van der Waals surface area contributed by atoms with Gasteiger partial charge in [0.15, 0.2) is 11.5 Å². The fraction of sp³-hybridized carbons (Fsp3) is 0.412. The molecule has 3 unspecified atom stereocenters. The third-order valence-corrected chi connectivity index (χ3v) is 9.84. The lowest BCUT2D eigenvalue weighted by Crippen LogP contribution is -2.50. The van der Waals surface area contributed by atoms with E-state index >= 15 is 0 Å². The van der Waals surface area contributed by atoms with E-state index in [9.17, 15) is 14.0 Å². The number of ether oxygens (including phenoxy) is 2. The van der Waals surface area contributed by atoms with Crippen molar-refractivity contribution in [1.82, 2.24) is 5.32 Å². The number of amides is 1. The molecule has 5 atom stereocenters. The number of aryl methyl sites for hydroxylation is 1. The molecule has 2 saturated carbocycles. The number of carbonyl (C=O) groups is 2. The quantitative estimate of drug-likeness (QED) is 0.281. The maximum Gasteiger partial charge on any atom is 0.315 e. The van der Waals surface area contributed by atoms with Gasteiger partial charge in [-0.05, 0) is 115 Å². The van der Waals surface area contributed by atoms with E-state index in [-0.39, 0.29) is 35.6 Å². The summed E-state index contributed by atoms with van der Waals surface area (Å²) >= 11 is 0. The Bertz CT molecular complexity index is 1410. The van der Waals surface area contributed by atoms with Gasteiger partial charge in [0.05, 0.1) is 13.5 Å². The molecule has 3 aliphatic carbocycles. The van der Waals surface area contributed by atoms with E-state index in [1.165, 1.54) is 23.3 Å². The summed E-state index contributed by atoms with van der Waals surface area (Å²) in [7, 11) is 1.62. The van der Waals surface area contributed by atoms with Gasteiger partial charge in [-0.1, -0.05) is 37.3 Å². The largest absolute Gasteiger partial charge is 0.493 e. The summed E-state index contributed by atoms with van der Waals surface area (Å²) in [6.07, 6.45) is 6.36. The van der Waals surface area contributed by atoms with Crippen molar-refractivity contribution in [2.24, 2.45) is 17.3 Å². The third kappa shape index (κ3) is 4.89. The molecule has 1 amide bonds. The van der Waals surface area contributed by atoms with Crippen molar-refractivity contribution < 1.29 is 23.5 Å². The topological polar surface area (TPSA) is 64.6 Å². The first-order valence-corrected chi connectivity index (χ1v) is 14.4. The standard InChI is InChI=1S/C34H36FNO4/c1-34-17-16-25-26(28(34)14-15-31(34)36-33(38)22-8-11-24(35)12-9-22)13-10-23-19-30(29(39-2)20-27(23)25)40-32(37)18-21-6-4-3-5-7-21/h3-9,11-12,19-20,25-26,28,31H,10,13-18H2,1-2H3,(H,36,38)/t25?,26?,28?,31-,34-/m0/s1. The molecule has 3 aliphatic rings. The van der Waals surface area contributed by atoms with E-state index in [0.717, 1.165) is 44.1 Å². The van der Waals surface area contributed by atoms with E-state index < -0.39 is 0 Å². The molecule has 1 N–H and O–H groups in total. The van der Waals surface area contributed by atoms with Gasteiger partial charge >= 0.3 is 5.97 Å².